The Labute approximate surface area is 118 Å². The topological polar surface area (TPSA) is 32.3 Å². The number of rotatable bonds is 8. The van der Waals surface area contributed by atoms with Crippen LogP contribution in [0.5, 0.6) is 0 Å². The minimum Gasteiger partial charge on any atom is -0.342 e. The van der Waals surface area contributed by atoms with Gasteiger partial charge in [-0.25, -0.2) is 0 Å². The van der Waals surface area contributed by atoms with Crippen LogP contribution in [0.1, 0.15) is 58.3 Å². The zero-order valence-corrected chi connectivity index (χ0v) is 12.5. The number of likely N-dealkylation sites (tertiary alicyclic amines) is 1. The average molecular weight is 266 g/mol. The molecule has 19 heavy (non-hydrogen) atoms. The Morgan fingerprint density at radius 3 is 2.21 bits per heavy atom. The first-order valence-corrected chi connectivity index (χ1v) is 8.29. The Morgan fingerprint density at radius 1 is 1.00 bits per heavy atom. The van der Waals surface area contributed by atoms with E-state index < -0.39 is 0 Å². The smallest absolute Gasteiger partial charge is 0.222 e. The normalized spacial score (nSPS) is 25.8. The predicted octanol–water partition coefficient (Wildman–Crippen LogP) is 2.80. The molecular formula is C16H30N2O. The monoisotopic (exact) mass is 266 g/mol. The van der Waals surface area contributed by atoms with E-state index in [1.165, 1.54) is 38.5 Å². The third-order valence-corrected chi connectivity index (χ3v) is 4.74. The van der Waals surface area contributed by atoms with Crippen LogP contribution in [0.4, 0.5) is 0 Å². The molecule has 0 aromatic heterocycles. The third-order valence-electron chi connectivity index (χ3n) is 4.74. The molecule has 1 N–H and O–H groups in total. The van der Waals surface area contributed by atoms with E-state index in [0.717, 1.165) is 50.9 Å². The number of hydrogen-bond donors (Lipinski definition) is 1. The fraction of sp³-hybridized carbons (Fsp3) is 0.938. The van der Waals surface area contributed by atoms with Crippen LogP contribution >= 0.6 is 0 Å². The number of hydrogen-bond acceptors (Lipinski definition) is 2. The van der Waals surface area contributed by atoms with Crippen molar-refractivity contribution < 1.29 is 4.79 Å². The highest BCUT2D eigenvalue weighted by Crippen LogP contribution is 2.26. The van der Waals surface area contributed by atoms with E-state index in [4.69, 9.17) is 0 Å². The van der Waals surface area contributed by atoms with Gasteiger partial charge in [0, 0.05) is 32.6 Å². The molecule has 0 spiro atoms. The maximum Gasteiger partial charge on any atom is 0.222 e. The zero-order valence-electron chi connectivity index (χ0n) is 12.5. The van der Waals surface area contributed by atoms with Gasteiger partial charge in [0.2, 0.25) is 5.91 Å². The molecule has 0 aromatic rings. The zero-order chi connectivity index (χ0) is 13.5. The number of fused-ring (bicyclic) bond motifs is 1. The lowest BCUT2D eigenvalue weighted by Gasteiger charge is -2.17. The molecule has 2 rings (SSSR count). The van der Waals surface area contributed by atoms with Gasteiger partial charge in [-0.15, -0.1) is 0 Å². The highest BCUT2D eigenvalue weighted by Gasteiger charge is 2.37. The average Bonchev–Trinajstić information content (AvgIpc) is 2.98. The SMILES string of the molecule is CCCCCCCCCC(=O)N1C[C@H]2CNC[C@H]2C1. The molecule has 2 aliphatic rings. The van der Waals surface area contributed by atoms with Gasteiger partial charge in [-0.05, 0) is 18.3 Å². The van der Waals surface area contributed by atoms with Crippen LogP contribution in [0.2, 0.25) is 0 Å². The quantitative estimate of drug-likeness (QED) is 0.685. The Morgan fingerprint density at radius 2 is 1.58 bits per heavy atom. The summed E-state index contributed by atoms with van der Waals surface area (Å²) in [6, 6.07) is 0. The summed E-state index contributed by atoms with van der Waals surface area (Å²) in [5.41, 5.74) is 0. The van der Waals surface area contributed by atoms with Crippen LogP contribution in [0, 0.1) is 11.8 Å². The summed E-state index contributed by atoms with van der Waals surface area (Å²) in [7, 11) is 0. The van der Waals surface area contributed by atoms with E-state index in [-0.39, 0.29) is 0 Å². The number of nitrogens with one attached hydrogen (secondary N) is 1. The van der Waals surface area contributed by atoms with Crippen LogP contribution in [-0.4, -0.2) is 37.0 Å². The summed E-state index contributed by atoms with van der Waals surface area (Å²) in [6.45, 7) is 6.50. The molecule has 2 fully saturated rings. The first-order valence-electron chi connectivity index (χ1n) is 8.29. The van der Waals surface area contributed by atoms with E-state index in [1.807, 2.05) is 0 Å². The van der Waals surface area contributed by atoms with Crippen molar-refractivity contribution in [1.29, 1.82) is 0 Å². The Hall–Kier alpha value is -0.570. The van der Waals surface area contributed by atoms with Gasteiger partial charge in [-0.1, -0.05) is 45.4 Å². The molecule has 0 bridgehead atoms. The second kappa shape index (κ2) is 7.88. The molecule has 3 nitrogen and oxygen atoms in total. The van der Waals surface area contributed by atoms with Gasteiger partial charge in [0.05, 0.1) is 0 Å². The standard InChI is InChI=1S/C16H30N2O/c1-2-3-4-5-6-7-8-9-16(19)18-12-14-10-17-11-15(14)13-18/h14-15,17H,2-13H2,1H3/t14-,15+. The first-order chi connectivity index (χ1) is 9.31. The molecule has 2 saturated heterocycles. The molecule has 110 valence electrons. The van der Waals surface area contributed by atoms with Crippen molar-refractivity contribution >= 4 is 5.91 Å². The summed E-state index contributed by atoms with van der Waals surface area (Å²) in [4.78, 5) is 14.2. The van der Waals surface area contributed by atoms with Crippen molar-refractivity contribution in [2.45, 2.75) is 58.3 Å². The van der Waals surface area contributed by atoms with E-state index in [1.54, 1.807) is 0 Å². The number of carbonyl (C=O) groups excluding carboxylic acids is 1. The van der Waals surface area contributed by atoms with Crippen LogP contribution in [0.25, 0.3) is 0 Å². The number of nitrogens with zero attached hydrogens (tertiary/aromatic N) is 1. The van der Waals surface area contributed by atoms with Crippen LogP contribution in [-0.2, 0) is 4.79 Å². The molecule has 2 atom stereocenters. The lowest BCUT2D eigenvalue weighted by Crippen LogP contribution is -2.31. The lowest BCUT2D eigenvalue weighted by atomic mass is 10.0. The largest absolute Gasteiger partial charge is 0.342 e. The molecule has 0 aromatic carbocycles. The highest BCUT2D eigenvalue weighted by molar-refractivity contribution is 5.76. The molecule has 0 unspecified atom stereocenters. The van der Waals surface area contributed by atoms with E-state index in [2.05, 4.69) is 17.1 Å². The molecule has 2 aliphatic heterocycles. The number of unbranched alkanes of at least 4 members (excludes halogenated alkanes) is 6. The second-order valence-electron chi connectivity index (χ2n) is 6.35. The van der Waals surface area contributed by atoms with Gasteiger partial charge in [0.1, 0.15) is 0 Å². The van der Waals surface area contributed by atoms with Crippen LogP contribution in [0.15, 0.2) is 0 Å². The summed E-state index contributed by atoms with van der Waals surface area (Å²) in [6.07, 6.45) is 9.80. The summed E-state index contributed by atoms with van der Waals surface area (Å²) < 4.78 is 0. The lowest BCUT2D eigenvalue weighted by molar-refractivity contribution is -0.130. The minimum atomic E-state index is 0.406. The van der Waals surface area contributed by atoms with Gasteiger partial charge < -0.3 is 10.2 Å². The molecule has 1 amide bonds. The first kappa shape index (κ1) is 14.8. The van der Waals surface area contributed by atoms with Crippen LogP contribution in [0.3, 0.4) is 0 Å². The fourth-order valence-electron chi connectivity index (χ4n) is 3.45. The Balaban J connectivity index is 1.51. The Kier molecular flexibility index (Phi) is 6.15. The van der Waals surface area contributed by atoms with E-state index in [9.17, 15) is 4.79 Å². The van der Waals surface area contributed by atoms with Gasteiger partial charge >= 0.3 is 0 Å². The number of carbonyl (C=O) groups is 1. The molecular weight excluding hydrogens is 236 g/mol. The Bertz CT molecular complexity index is 268. The van der Waals surface area contributed by atoms with Crippen molar-refractivity contribution in [2.75, 3.05) is 26.2 Å². The molecule has 0 saturated carbocycles. The van der Waals surface area contributed by atoms with Gasteiger partial charge in [0.15, 0.2) is 0 Å². The predicted molar refractivity (Wildman–Crippen MR) is 79.0 cm³/mol. The summed E-state index contributed by atoms with van der Waals surface area (Å²) in [5.74, 6) is 1.87. The van der Waals surface area contributed by atoms with Crippen molar-refractivity contribution in [2.24, 2.45) is 11.8 Å². The summed E-state index contributed by atoms with van der Waals surface area (Å²) >= 11 is 0. The molecule has 0 radical (unpaired) electrons. The maximum atomic E-state index is 12.1. The van der Waals surface area contributed by atoms with Crippen molar-refractivity contribution in [3.05, 3.63) is 0 Å². The van der Waals surface area contributed by atoms with Crippen molar-refractivity contribution in [3.8, 4) is 0 Å². The fourth-order valence-corrected chi connectivity index (χ4v) is 3.45. The summed E-state index contributed by atoms with van der Waals surface area (Å²) in [5, 5.41) is 3.42. The highest BCUT2D eigenvalue weighted by atomic mass is 16.2. The van der Waals surface area contributed by atoms with Gasteiger partial charge in [-0.2, -0.15) is 0 Å². The van der Waals surface area contributed by atoms with E-state index in [0.29, 0.717) is 5.91 Å². The van der Waals surface area contributed by atoms with Crippen molar-refractivity contribution in [3.63, 3.8) is 0 Å². The molecule has 3 heteroatoms. The van der Waals surface area contributed by atoms with Crippen LogP contribution < -0.4 is 5.32 Å². The molecule has 0 aliphatic carbocycles. The maximum absolute atomic E-state index is 12.1. The van der Waals surface area contributed by atoms with E-state index >= 15 is 0 Å². The number of amides is 1. The third kappa shape index (κ3) is 4.48. The van der Waals surface area contributed by atoms with Gasteiger partial charge in [-0.3, -0.25) is 4.79 Å². The van der Waals surface area contributed by atoms with Crippen molar-refractivity contribution in [1.82, 2.24) is 10.2 Å². The van der Waals surface area contributed by atoms with Gasteiger partial charge in [0.25, 0.3) is 0 Å². The molecule has 2 heterocycles. The minimum absolute atomic E-state index is 0.406. The second-order valence-corrected chi connectivity index (χ2v) is 6.35.